The van der Waals surface area contributed by atoms with Crippen molar-refractivity contribution in [3.63, 3.8) is 0 Å². The summed E-state index contributed by atoms with van der Waals surface area (Å²) in [5.74, 6) is 1.71. The zero-order valence-electron chi connectivity index (χ0n) is 18.7. The lowest BCUT2D eigenvalue weighted by molar-refractivity contribution is 0.0730. The quantitative estimate of drug-likeness (QED) is 0.678. The molecule has 2 aliphatic heterocycles. The van der Waals surface area contributed by atoms with E-state index in [1.54, 1.807) is 0 Å². The van der Waals surface area contributed by atoms with Crippen LogP contribution in [0.15, 0.2) is 54.6 Å². The number of carbonyl (C=O) groups is 1. The zero-order chi connectivity index (χ0) is 22.1. The molecule has 1 amide bonds. The molecule has 1 atom stereocenters. The Kier molecular flexibility index (Phi) is 5.62. The number of aromatic nitrogens is 2. The first-order valence-electron chi connectivity index (χ1n) is 11.4. The summed E-state index contributed by atoms with van der Waals surface area (Å²) < 4.78 is 0. The monoisotopic (exact) mass is 427 g/mol. The van der Waals surface area contributed by atoms with Crippen LogP contribution in [0.25, 0.3) is 11.1 Å². The van der Waals surface area contributed by atoms with Gasteiger partial charge in [-0.25, -0.2) is 9.97 Å². The van der Waals surface area contributed by atoms with Gasteiger partial charge in [0.05, 0.1) is 11.7 Å². The number of fused-ring (bicyclic) bond motifs is 1. The average molecular weight is 428 g/mol. The Morgan fingerprint density at radius 3 is 2.62 bits per heavy atom. The number of hydrogen-bond acceptors (Lipinski definition) is 5. The number of likely N-dealkylation sites (tertiary alicyclic amines) is 1. The standard InChI is InChI=1S/C26H29N5O/c1-27-24-21-14-16-30(2)17-22(21)28-25(29-24)23-13-8-15-31(23)26(32)20-12-7-6-11-19(20)18-9-4-3-5-10-18/h3-7,9-12,23H,8,13-17H2,1-2H3,(H,27,28,29). The molecule has 32 heavy (non-hydrogen) atoms. The minimum atomic E-state index is -0.101. The minimum absolute atomic E-state index is 0.0522. The van der Waals surface area contributed by atoms with E-state index in [4.69, 9.17) is 9.97 Å². The maximum absolute atomic E-state index is 13.8. The Morgan fingerprint density at radius 2 is 1.81 bits per heavy atom. The van der Waals surface area contributed by atoms with Gasteiger partial charge in [0.2, 0.25) is 0 Å². The highest BCUT2D eigenvalue weighted by Crippen LogP contribution is 2.35. The van der Waals surface area contributed by atoms with E-state index in [0.29, 0.717) is 0 Å². The van der Waals surface area contributed by atoms with Crippen LogP contribution in [-0.2, 0) is 13.0 Å². The molecule has 5 rings (SSSR count). The van der Waals surface area contributed by atoms with Crippen molar-refractivity contribution in [2.24, 2.45) is 0 Å². The van der Waals surface area contributed by atoms with E-state index < -0.39 is 0 Å². The Balaban J connectivity index is 1.50. The molecule has 0 saturated carbocycles. The fourth-order valence-electron chi connectivity index (χ4n) is 4.91. The van der Waals surface area contributed by atoms with Crippen LogP contribution in [-0.4, -0.2) is 52.9 Å². The molecule has 0 spiro atoms. The van der Waals surface area contributed by atoms with Gasteiger partial charge in [-0.3, -0.25) is 4.79 Å². The van der Waals surface area contributed by atoms with E-state index in [-0.39, 0.29) is 11.9 Å². The maximum Gasteiger partial charge on any atom is 0.255 e. The largest absolute Gasteiger partial charge is 0.373 e. The summed E-state index contributed by atoms with van der Waals surface area (Å²) >= 11 is 0. The molecule has 1 fully saturated rings. The summed E-state index contributed by atoms with van der Waals surface area (Å²) in [6.45, 7) is 2.55. The van der Waals surface area contributed by atoms with Crippen LogP contribution < -0.4 is 5.32 Å². The Hall–Kier alpha value is -3.25. The SMILES string of the molecule is CNc1nc(C2CCCN2C(=O)c2ccccc2-c2ccccc2)nc2c1CCN(C)C2. The first-order valence-corrected chi connectivity index (χ1v) is 11.4. The van der Waals surface area contributed by atoms with Crippen molar-refractivity contribution < 1.29 is 4.79 Å². The van der Waals surface area contributed by atoms with Gasteiger partial charge in [-0.1, -0.05) is 48.5 Å². The van der Waals surface area contributed by atoms with Crippen molar-refractivity contribution in [1.29, 1.82) is 0 Å². The average Bonchev–Trinajstić information content (AvgIpc) is 3.33. The molecule has 3 heterocycles. The van der Waals surface area contributed by atoms with Gasteiger partial charge in [-0.05, 0) is 43.5 Å². The highest BCUT2D eigenvalue weighted by atomic mass is 16.2. The molecule has 3 aromatic rings. The molecule has 6 heteroatoms. The van der Waals surface area contributed by atoms with E-state index in [0.717, 1.165) is 72.9 Å². The van der Waals surface area contributed by atoms with Gasteiger partial charge in [-0.15, -0.1) is 0 Å². The van der Waals surface area contributed by atoms with Gasteiger partial charge in [0.1, 0.15) is 5.82 Å². The van der Waals surface area contributed by atoms with Gasteiger partial charge < -0.3 is 15.1 Å². The molecule has 0 aliphatic carbocycles. The Morgan fingerprint density at radius 1 is 1.03 bits per heavy atom. The third-order valence-electron chi connectivity index (χ3n) is 6.56. The lowest BCUT2D eigenvalue weighted by Crippen LogP contribution is -2.33. The van der Waals surface area contributed by atoms with E-state index in [1.807, 2.05) is 54.4 Å². The normalized spacial score (nSPS) is 18.4. The molecule has 6 nitrogen and oxygen atoms in total. The number of hydrogen-bond donors (Lipinski definition) is 1. The second-order valence-corrected chi connectivity index (χ2v) is 8.66. The summed E-state index contributed by atoms with van der Waals surface area (Å²) in [5.41, 5.74) is 5.04. The van der Waals surface area contributed by atoms with E-state index in [2.05, 4.69) is 29.4 Å². The van der Waals surface area contributed by atoms with Crippen molar-refractivity contribution in [3.05, 3.63) is 77.2 Å². The number of anilines is 1. The van der Waals surface area contributed by atoms with Crippen molar-refractivity contribution >= 4 is 11.7 Å². The number of amides is 1. The summed E-state index contributed by atoms with van der Waals surface area (Å²) in [6, 6.07) is 17.9. The summed E-state index contributed by atoms with van der Waals surface area (Å²) in [5, 5.41) is 3.27. The van der Waals surface area contributed by atoms with Crippen LogP contribution in [0.3, 0.4) is 0 Å². The molecular formula is C26H29N5O. The van der Waals surface area contributed by atoms with Gasteiger partial charge in [0, 0.05) is 37.8 Å². The Bertz CT molecular complexity index is 1130. The molecule has 0 bridgehead atoms. The lowest BCUT2D eigenvalue weighted by atomic mass is 9.98. The zero-order valence-corrected chi connectivity index (χ0v) is 18.7. The van der Waals surface area contributed by atoms with Crippen LogP contribution >= 0.6 is 0 Å². The second kappa shape index (κ2) is 8.71. The van der Waals surface area contributed by atoms with E-state index >= 15 is 0 Å². The molecule has 1 N–H and O–H groups in total. The van der Waals surface area contributed by atoms with E-state index in [9.17, 15) is 4.79 Å². The molecule has 1 unspecified atom stereocenters. The smallest absolute Gasteiger partial charge is 0.255 e. The van der Waals surface area contributed by atoms with Crippen molar-refractivity contribution in [2.45, 2.75) is 31.8 Å². The predicted octanol–water partition coefficient (Wildman–Crippen LogP) is 4.15. The molecule has 1 aromatic heterocycles. The van der Waals surface area contributed by atoms with E-state index in [1.165, 1.54) is 5.56 Å². The fourth-order valence-corrected chi connectivity index (χ4v) is 4.91. The Labute approximate surface area is 189 Å². The number of carbonyl (C=O) groups excluding carboxylic acids is 1. The number of benzene rings is 2. The third kappa shape index (κ3) is 3.75. The van der Waals surface area contributed by atoms with Crippen LogP contribution in [0, 0.1) is 0 Å². The molecular weight excluding hydrogens is 398 g/mol. The highest BCUT2D eigenvalue weighted by molar-refractivity contribution is 6.01. The predicted molar refractivity (Wildman–Crippen MR) is 127 cm³/mol. The number of rotatable bonds is 4. The fraction of sp³-hybridized carbons (Fsp3) is 0.346. The van der Waals surface area contributed by atoms with Gasteiger partial charge >= 0.3 is 0 Å². The third-order valence-corrected chi connectivity index (χ3v) is 6.56. The van der Waals surface area contributed by atoms with Crippen molar-refractivity contribution in [1.82, 2.24) is 19.8 Å². The van der Waals surface area contributed by atoms with Crippen LogP contribution in [0.5, 0.6) is 0 Å². The second-order valence-electron chi connectivity index (χ2n) is 8.66. The van der Waals surface area contributed by atoms with Gasteiger partial charge in [0.25, 0.3) is 5.91 Å². The number of nitrogens with zero attached hydrogens (tertiary/aromatic N) is 4. The number of nitrogens with one attached hydrogen (secondary N) is 1. The van der Waals surface area contributed by atoms with Crippen LogP contribution in [0.1, 0.15) is 46.3 Å². The van der Waals surface area contributed by atoms with Crippen molar-refractivity contribution in [3.8, 4) is 11.1 Å². The van der Waals surface area contributed by atoms with Gasteiger partial charge in [0.15, 0.2) is 5.82 Å². The topological polar surface area (TPSA) is 61.4 Å². The minimum Gasteiger partial charge on any atom is -0.373 e. The van der Waals surface area contributed by atoms with Gasteiger partial charge in [-0.2, -0.15) is 0 Å². The van der Waals surface area contributed by atoms with Crippen LogP contribution in [0.2, 0.25) is 0 Å². The summed E-state index contributed by atoms with van der Waals surface area (Å²) in [4.78, 5) is 27.9. The molecule has 0 radical (unpaired) electrons. The maximum atomic E-state index is 13.8. The van der Waals surface area contributed by atoms with Crippen molar-refractivity contribution in [2.75, 3.05) is 32.5 Å². The molecule has 164 valence electrons. The first kappa shape index (κ1) is 20.6. The molecule has 1 saturated heterocycles. The highest BCUT2D eigenvalue weighted by Gasteiger charge is 2.34. The molecule has 2 aliphatic rings. The number of likely N-dealkylation sites (N-methyl/N-ethyl adjacent to an activating group) is 1. The summed E-state index contributed by atoms with van der Waals surface area (Å²) in [7, 11) is 4.04. The van der Waals surface area contributed by atoms with Crippen LogP contribution in [0.4, 0.5) is 5.82 Å². The molecule has 2 aromatic carbocycles. The summed E-state index contributed by atoms with van der Waals surface area (Å²) in [6.07, 6.45) is 2.79. The first-order chi connectivity index (χ1) is 15.7. The lowest BCUT2D eigenvalue weighted by Gasteiger charge is -2.29.